The Balaban J connectivity index is 1.90. The number of carboxylic acids is 1. The molecular weight excluding hydrogens is 296 g/mol. The smallest absolute Gasteiger partial charge is 0.347 e. The molecule has 1 N–H and O–H groups in total. The monoisotopic (exact) mass is 314 g/mol. The highest BCUT2D eigenvalue weighted by atomic mass is 32.2. The lowest BCUT2D eigenvalue weighted by Gasteiger charge is -2.30. The molecule has 110 valence electrons. The van der Waals surface area contributed by atoms with Gasteiger partial charge in [0.05, 0.1) is 11.4 Å². The molecule has 0 aromatic carbocycles. The van der Waals surface area contributed by atoms with Crippen molar-refractivity contribution in [1.82, 2.24) is 9.88 Å². The van der Waals surface area contributed by atoms with Crippen LogP contribution >= 0.6 is 23.1 Å². The number of carboxylic acid groups (broad SMARTS) is 1. The first-order valence-corrected chi connectivity index (χ1v) is 8.39. The number of piperidine rings is 1. The first-order valence-electron chi connectivity index (χ1n) is 6.58. The minimum Gasteiger partial charge on any atom is -0.477 e. The Kier molecular flexibility index (Phi) is 5.04. The van der Waals surface area contributed by atoms with Crippen molar-refractivity contribution in [2.24, 2.45) is 5.92 Å². The highest BCUT2D eigenvalue weighted by molar-refractivity contribution is 8.01. The lowest BCUT2D eigenvalue weighted by molar-refractivity contribution is -0.130. The zero-order valence-corrected chi connectivity index (χ0v) is 13.2. The minimum atomic E-state index is -0.956. The van der Waals surface area contributed by atoms with Gasteiger partial charge in [0.15, 0.2) is 4.34 Å². The molecule has 1 aliphatic rings. The van der Waals surface area contributed by atoms with Gasteiger partial charge in [-0.15, -0.1) is 11.3 Å². The standard InChI is InChI=1S/C13H18N2O3S2/c1-8-4-3-5-15(6-8)10(16)7-19-13-14-9(2)11(20-13)12(17)18/h8H,3-7H2,1-2H3,(H,17,18). The zero-order chi connectivity index (χ0) is 14.7. The van der Waals surface area contributed by atoms with Gasteiger partial charge in [-0.2, -0.15) is 0 Å². The molecule has 0 saturated carbocycles. The number of likely N-dealkylation sites (tertiary alicyclic amines) is 1. The number of amides is 1. The molecule has 2 rings (SSSR count). The van der Waals surface area contributed by atoms with Crippen LogP contribution < -0.4 is 0 Å². The predicted molar refractivity (Wildman–Crippen MR) is 79.5 cm³/mol. The van der Waals surface area contributed by atoms with Gasteiger partial charge in [0.2, 0.25) is 5.91 Å². The molecule has 0 radical (unpaired) electrons. The normalized spacial score (nSPS) is 19.1. The summed E-state index contributed by atoms with van der Waals surface area (Å²) in [5, 5.41) is 8.98. The molecular formula is C13H18N2O3S2. The van der Waals surface area contributed by atoms with Crippen molar-refractivity contribution in [3.8, 4) is 0 Å². The van der Waals surface area contributed by atoms with Gasteiger partial charge >= 0.3 is 5.97 Å². The summed E-state index contributed by atoms with van der Waals surface area (Å²) in [6, 6.07) is 0. The molecule has 0 spiro atoms. The fourth-order valence-electron chi connectivity index (χ4n) is 2.26. The summed E-state index contributed by atoms with van der Waals surface area (Å²) < 4.78 is 0.651. The lowest BCUT2D eigenvalue weighted by atomic mass is 10.0. The molecule has 2 heterocycles. The summed E-state index contributed by atoms with van der Waals surface area (Å²) in [4.78, 5) is 29.4. The van der Waals surface area contributed by atoms with E-state index in [-0.39, 0.29) is 10.8 Å². The first-order chi connectivity index (χ1) is 9.47. The van der Waals surface area contributed by atoms with Gasteiger partial charge < -0.3 is 10.0 Å². The number of aromatic carboxylic acids is 1. The molecule has 20 heavy (non-hydrogen) atoms. The van der Waals surface area contributed by atoms with Crippen molar-refractivity contribution < 1.29 is 14.7 Å². The van der Waals surface area contributed by atoms with Crippen molar-refractivity contribution in [2.45, 2.75) is 31.0 Å². The van der Waals surface area contributed by atoms with Gasteiger partial charge in [-0.3, -0.25) is 4.79 Å². The summed E-state index contributed by atoms with van der Waals surface area (Å²) in [6.45, 7) is 5.51. The number of rotatable bonds is 4. The maximum Gasteiger partial charge on any atom is 0.347 e. The summed E-state index contributed by atoms with van der Waals surface area (Å²) in [5.74, 6) is 0.0615. The first kappa shape index (κ1) is 15.3. The van der Waals surface area contributed by atoms with Crippen LogP contribution in [0.5, 0.6) is 0 Å². The quantitative estimate of drug-likeness (QED) is 0.865. The lowest BCUT2D eigenvalue weighted by Crippen LogP contribution is -2.40. The van der Waals surface area contributed by atoms with E-state index in [1.54, 1.807) is 6.92 Å². The molecule has 5 nitrogen and oxygen atoms in total. The molecule has 1 aromatic heterocycles. The Morgan fingerprint density at radius 1 is 1.55 bits per heavy atom. The SMILES string of the molecule is Cc1nc(SCC(=O)N2CCCC(C)C2)sc1C(=O)O. The van der Waals surface area contributed by atoms with Crippen LogP contribution in [0.15, 0.2) is 4.34 Å². The van der Waals surface area contributed by atoms with Crippen molar-refractivity contribution in [1.29, 1.82) is 0 Å². The highest BCUT2D eigenvalue weighted by Crippen LogP contribution is 2.27. The highest BCUT2D eigenvalue weighted by Gasteiger charge is 2.21. The van der Waals surface area contributed by atoms with Gasteiger partial charge in [-0.25, -0.2) is 9.78 Å². The van der Waals surface area contributed by atoms with Crippen LogP contribution in [-0.4, -0.2) is 45.7 Å². The Bertz CT molecular complexity index is 516. The average Bonchev–Trinajstić information content (AvgIpc) is 2.77. The third kappa shape index (κ3) is 3.73. The van der Waals surface area contributed by atoms with Crippen LogP contribution in [0.2, 0.25) is 0 Å². The number of aromatic nitrogens is 1. The Labute approximate surface area is 126 Å². The predicted octanol–water partition coefficient (Wildman–Crippen LogP) is 2.50. The Morgan fingerprint density at radius 2 is 2.30 bits per heavy atom. The van der Waals surface area contributed by atoms with E-state index in [0.717, 1.165) is 30.8 Å². The molecule has 1 unspecified atom stereocenters. The summed E-state index contributed by atoms with van der Waals surface area (Å²) in [6.07, 6.45) is 2.25. The van der Waals surface area contributed by atoms with Crippen molar-refractivity contribution >= 4 is 35.0 Å². The summed E-state index contributed by atoms with van der Waals surface area (Å²) in [5.41, 5.74) is 0.518. The minimum absolute atomic E-state index is 0.117. The van der Waals surface area contributed by atoms with Crippen LogP contribution in [0.4, 0.5) is 0 Å². The van der Waals surface area contributed by atoms with Crippen LogP contribution in [0.25, 0.3) is 0 Å². The van der Waals surface area contributed by atoms with Gasteiger partial charge in [-0.05, 0) is 25.7 Å². The third-order valence-corrected chi connectivity index (χ3v) is 5.57. The van der Waals surface area contributed by atoms with Gasteiger partial charge in [0.25, 0.3) is 0 Å². The number of aryl methyl sites for hydroxylation is 1. The second kappa shape index (κ2) is 6.58. The molecule has 1 aliphatic heterocycles. The molecule has 0 bridgehead atoms. The van der Waals surface area contributed by atoms with E-state index in [1.807, 2.05) is 4.90 Å². The number of thiazole rings is 1. The Morgan fingerprint density at radius 3 is 2.90 bits per heavy atom. The zero-order valence-electron chi connectivity index (χ0n) is 11.6. The van der Waals surface area contributed by atoms with Gasteiger partial charge in [0.1, 0.15) is 4.88 Å². The molecule has 1 aromatic rings. The van der Waals surface area contributed by atoms with Crippen molar-refractivity contribution in [2.75, 3.05) is 18.8 Å². The number of carbonyl (C=O) groups is 2. The molecule has 1 amide bonds. The van der Waals surface area contributed by atoms with E-state index in [1.165, 1.54) is 18.2 Å². The number of thioether (sulfide) groups is 1. The number of nitrogens with zero attached hydrogens (tertiary/aromatic N) is 2. The number of hydrogen-bond donors (Lipinski definition) is 1. The second-order valence-corrected chi connectivity index (χ2v) is 7.30. The largest absolute Gasteiger partial charge is 0.477 e. The number of carbonyl (C=O) groups excluding carboxylic acids is 1. The van der Waals surface area contributed by atoms with Gasteiger partial charge in [0, 0.05) is 13.1 Å². The summed E-state index contributed by atoms with van der Waals surface area (Å²) >= 11 is 2.47. The van der Waals surface area contributed by atoms with E-state index < -0.39 is 5.97 Å². The van der Waals surface area contributed by atoms with Gasteiger partial charge in [-0.1, -0.05) is 18.7 Å². The van der Waals surface area contributed by atoms with E-state index in [2.05, 4.69) is 11.9 Å². The fraction of sp³-hybridized carbons (Fsp3) is 0.615. The van der Waals surface area contributed by atoms with E-state index in [9.17, 15) is 9.59 Å². The van der Waals surface area contributed by atoms with E-state index >= 15 is 0 Å². The van der Waals surface area contributed by atoms with E-state index in [4.69, 9.17) is 5.11 Å². The third-order valence-electron chi connectivity index (χ3n) is 3.30. The van der Waals surface area contributed by atoms with Crippen LogP contribution in [0.1, 0.15) is 35.1 Å². The maximum absolute atomic E-state index is 12.1. The van der Waals surface area contributed by atoms with Crippen LogP contribution in [-0.2, 0) is 4.79 Å². The summed E-state index contributed by atoms with van der Waals surface area (Å²) in [7, 11) is 0. The average molecular weight is 314 g/mol. The fourth-order valence-corrected chi connectivity index (χ4v) is 4.19. The number of hydrogen-bond acceptors (Lipinski definition) is 5. The van der Waals surface area contributed by atoms with Crippen LogP contribution in [0.3, 0.4) is 0 Å². The molecule has 1 saturated heterocycles. The van der Waals surface area contributed by atoms with E-state index in [0.29, 0.717) is 21.7 Å². The molecule has 7 heteroatoms. The van der Waals surface area contributed by atoms with Crippen molar-refractivity contribution in [3.05, 3.63) is 10.6 Å². The maximum atomic E-state index is 12.1. The molecule has 1 fully saturated rings. The molecule has 0 aliphatic carbocycles. The second-order valence-electron chi connectivity index (χ2n) is 5.08. The van der Waals surface area contributed by atoms with Crippen LogP contribution in [0, 0.1) is 12.8 Å². The van der Waals surface area contributed by atoms with Crippen molar-refractivity contribution in [3.63, 3.8) is 0 Å². The topological polar surface area (TPSA) is 70.5 Å². The Hall–Kier alpha value is -1.08. The molecule has 1 atom stereocenters.